The summed E-state index contributed by atoms with van der Waals surface area (Å²) < 4.78 is 13.1. The maximum absolute atomic E-state index is 6.73. The third kappa shape index (κ3) is 3.83. The Morgan fingerprint density at radius 1 is 0.618 bits per heavy atom. The van der Waals surface area contributed by atoms with Gasteiger partial charge in [-0.15, -0.1) is 0 Å². The predicted octanol–water partition coefficient (Wildman–Crippen LogP) is 9.05. The Labute approximate surface area is 217 Å². The van der Waals surface area contributed by atoms with Crippen LogP contribution in [0.2, 0.25) is 20.1 Å². The second-order valence-corrected chi connectivity index (χ2v) is 9.30. The summed E-state index contributed by atoms with van der Waals surface area (Å²) in [5.41, 5.74) is 2.10. The quantitative estimate of drug-likeness (QED) is 0.196. The van der Waals surface area contributed by atoms with Gasteiger partial charge in [-0.1, -0.05) is 125 Å². The van der Waals surface area contributed by atoms with Gasteiger partial charge in [0.1, 0.15) is 10.0 Å². The number of rotatable bonds is 3. The van der Waals surface area contributed by atoms with Gasteiger partial charge >= 0.3 is 0 Å². The molecule has 0 aromatic heterocycles. The third-order valence-electron chi connectivity index (χ3n) is 5.56. The molecule has 170 valence electrons. The first-order chi connectivity index (χ1) is 16.4. The highest BCUT2D eigenvalue weighted by Gasteiger charge is 2.50. The van der Waals surface area contributed by atoms with Crippen LogP contribution >= 0.6 is 46.4 Å². The maximum Gasteiger partial charge on any atom is 0.249 e. The van der Waals surface area contributed by atoms with Gasteiger partial charge in [0.25, 0.3) is 0 Å². The number of halogens is 4. The molecule has 0 N–H and O–H groups in total. The lowest BCUT2D eigenvalue weighted by Gasteiger charge is -2.40. The first-order valence-corrected chi connectivity index (χ1v) is 11.9. The van der Waals surface area contributed by atoms with Gasteiger partial charge in [-0.3, -0.25) is 0 Å². The van der Waals surface area contributed by atoms with Gasteiger partial charge in [-0.2, -0.15) is 0 Å². The van der Waals surface area contributed by atoms with Crippen LogP contribution in [0.4, 0.5) is 5.69 Å². The third-order valence-corrected chi connectivity index (χ3v) is 7.33. The molecule has 0 unspecified atom stereocenters. The summed E-state index contributed by atoms with van der Waals surface area (Å²) in [4.78, 5) is 4.88. The Bertz CT molecular complexity index is 1350. The van der Waals surface area contributed by atoms with E-state index in [0.29, 0.717) is 5.69 Å². The molecule has 1 aliphatic heterocycles. The number of hydrogen-bond acceptors (Lipinski definition) is 3. The van der Waals surface area contributed by atoms with E-state index in [1.165, 1.54) is 0 Å². The molecule has 0 saturated heterocycles. The minimum absolute atomic E-state index is 0.0808. The lowest BCUT2D eigenvalue weighted by molar-refractivity contribution is 0.139. The zero-order valence-corrected chi connectivity index (χ0v) is 20.9. The molecule has 1 heterocycles. The Morgan fingerprint density at radius 3 is 1.65 bits per heavy atom. The number of aliphatic imine (C=N–C) groups is 1. The fourth-order valence-electron chi connectivity index (χ4n) is 3.85. The molecule has 34 heavy (non-hydrogen) atoms. The van der Waals surface area contributed by atoms with Gasteiger partial charge in [-0.05, 0) is 19.1 Å². The molecule has 0 bridgehead atoms. The maximum atomic E-state index is 6.73. The van der Waals surface area contributed by atoms with Crippen LogP contribution in [0.15, 0.2) is 89.9 Å². The van der Waals surface area contributed by atoms with Gasteiger partial charge in [-0.25, -0.2) is 4.99 Å². The van der Waals surface area contributed by atoms with Gasteiger partial charge in [0.15, 0.2) is 11.5 Å². The molecule has 1 aliphatic rings. The molecule has 0 fully saturated rings. The highest BCUT2D eigenvalue weighted by molar-refractivity contribution is 6.53. The largest absolute Gasteiger partial charge is 0.462 e. The van der Waals surface area contributed by atoms with Crippen molar-refractivity contribution in [1.82, 2.24) is 0 Å². The second kappa shape index (κ2) is 9.16. The van der Waals surface area contributed by atoms with E-state index in [1.807, 2.05) is 91.9 Å². The van der Waals surface area contributed by atoms with E-state index in [4.69, 9.17) is 60.9 Å². The summed E-state index contributed by atoms with van der Waals surface area (Å²) in [6.07, 6.45) is 0. The van der Waals surface area contributed by atoms with Crippen LogP contribution in [0.25, 0.3) is 0 Å². The number of hydrogen-bond donors (Lipinski definition) is 0. The van der Waals surface area contributed by atoms with E-state index in [2.05, 4.69) is 0 Å². The first kappa shape index (κ1) is 23.1. The molecular formula is C27H17Cl4NO2. The van der Waals surface area contributed by atoms with Crippen molar-refractivity contribution in [2.24, 2.45) is 4.99 Å². The number of fused-ring (bicyclic) bond motifs is 1. The Balaban J connectivity index is 1.86. The SMILES string of the molecule is Cc1ccc(N=C2Oc3c(Cl)c(Cl)c(Cl)c(Cl)c3OC2(c2ccccc2)c2ccccc2)cc1. The molecule has 0 atom stereocenters. The van der Waals surface area contributed by atoms with E-state index in [-0.39, 0.29) is 37.5 Å². The van der Waals surface area contributed by atoms with Crippen molar-refractivity contribution in [1.29, 1.82) is 0 Å². The molecule has 5 rings (SSSR count). The number of ether oxygens (including phenoxy) is 2. The number of benzene rings is 4. The molecule has 0 aliphatic carbocycles. The summed E-state index contributed by atoms with van der Waals surface area (Å²) >= 11 is 25.8. The van der Waals surface area contributed by atoms with Crippen molar-refractivity contribution < 1.29 is 9.47 Å². The van der Waals surface area contributed by atoms with Gasteiger partial charge in [0.05, 0.1) is 15.7 Å². The summed E-state index contributed by atoms with van der Waals surface area (Å²) in [5, 5.41) is 0.371. The highest BCUT2D eigenvalue weighted by atomic mass is 35.5. The Kier molecular flexibility index (Phi) is 6.22. The molecular weight excluding hydrogens is 512 g/mol. The monoisotopic (exact) mass is 527 g/mol. The van der Waals surface area contributed by atoms with Crippen LogP contribution in [-0.2, 0) is 5.60 Å². The van der Waals surface area contributed by atoms with Crippen molar-refractivity contribution in [3.05, 3.63) is 122 Å². The van der Waals surface area contributed by atoms with E-state index in [1.54, 1.807) is 0 Å². The fraction of sp³-hybridized carbons (Fsp3) is 0.0741. The molecule has 0 saturated carbocycles. The van der Waals surface area contributed by atoms with Gasteiger partial charge in [0, 0.05) is 11.1 Å². The summed E-state index contributed by atoms with van der Waals surface area (Å²) in [7, 11) is 0. The molecule has 7 heteroatoms. The Morgan fingerprint density at radius 2 is 1.12 bits per heavy atom. The molecule has 0 spiro atoms. The first-order valence-electron chi connectivity index (χ1n) is 10.4. The average molecular weight is 529 g/mol. The molecule has 4 aromatic carbocycles. The zero-order chi connectivity index (χ0) is 23.9. The number of nitrogens with zero attached hydrogens (tertiary/aromatic N) is 1. The standard InChI is InChI=1S/C27H17Cl4NO2/c1-16-12-14-19(15-13-16)32-26-27(17-8-4-2-5-9-17,18-10-6-3-7-11-18)34-25-23(31)21(29)20(28)22(30)24(25)33-26/h2-15H,1H3. The van der Waals surface area contributed by atoms with E-state index in [9.17, 15) is 0 Å². The number of aryl methyl sites for hydroxylation is 1. The summed E-state index contributed by atoms with van der Waals surface area (Å²) in [5.74, 6) is 0.614. The molecule has 4 aromatic rings. The highest BCUT2D eigenvalue weighted by Crippen LogP contribution is 2.56. The van der Waals surface area contributed by atoms with Crippen LogP contribution < -0.4 is 9.47 Å². The minimum Gasteiger partial charge on any atom is -0.462 e. The van der Waals surface area contributed by atoms with Crippen LogP contribution in [0.1, 0.15) is 16.7 Å². The fourth-order valence-corrected chi connectivity index (χ4v) is 4.75. The lowest BCUT2D eigenvalue weighted by atomic mass is 9.84. The molecule has 0 amide bonds. The van der Waals surface area contributed by atoms with Crippen molar-refractivity contribution in [2.75, 3.05) is 0 Å². The van der Waals surface area contributed by atoms with E-state index < -0.39 is 5.60 Å². The zero-order valence-electron chi connectivity index (χ0n) is 17.9. The van der Waals surface area contributed by atoms with Crippen molar-refractivity contribution >= 4 is 58.0 Å². The molecule has 0 radical (unpaired) electrons. The normalized spacial score (nSPS) is 15.4. The average Bonchev–Trinajstić information content (AvgIpc) is 2.88. The van der Waals surface area contributed by atoms with Crippen LogP contribution in [-0.4, -0.2) is 5.90 Å². The van der Waals surface area contributed by atoms with Gasteiger partial charge < -0.3 is 9.47 Å². The second-order valence-electron chi connectivity index (χ2n) is 7.78. The lowest BCUT2D eigenvalue weighted by Crippen LogP contribution is -2.48. The topological polar surface area (TPSA) is 30.8 Å². The summed E-state index contributed by atoms with van der Waals surface area (Å²) in [6.45, 7) is 2.01. The predicted molar refractivity (Wildman–Crippen MR) is 140 cm³/mol. The van der Waals surface area contributed by atoms with Crippen LogP contribution in [0, 0.1) is 6.92 Å². The summed E-state index contributed by atoms with van der Waals surface area (Å²) in [6, 6.07) is 27.1. The smallest absolute Gasteiger partial charge is 0.249 e. The van der Waals surface area contributed by atoms with Crippen molar-refractivity contribution in [3.8, 4) is 11.5 Å². The molecule has 3 nitrogen and oxygen atoms in total. The van der Waals surface area contributed by atoms with Gasteiger partial charge in [0.2, 0.25) is 11.5 Å². The van der Waals surface area contributed by atoms with Crippen LogP contribution in [0.3, 0.4) is 0 Å². The minimum atomic E-state index is -1.27. The van der Waals surface area contributed by atoms with E-state index >= 15 is 0 Å². The Hall–Kier alpha value is -2.69. The van der Waals surface area contributed by atoms with Crippen molar-refractivity contribution in [3.63, 3.8) is 0 Å². The van der Waals surface area contributed by atoms with E-state index in [0.717, 1.165) is 16.7 Å². The van der Waals surface area contributed by atoms with Crippen LogP contribution in [0.5, 0.6) is 11.5 Å². The van der Waals surface area contributed by atoms with Crippen molar-refractivity contribution in [2.45, 2.75) is 12.5 Å².